The van der Waals surface area contributed by atoms with Crippen LogP contribution in [0.15, 0.2) is 64.2 Å². The van der Waals surface area contributed by atoms with Crippen LogP contribution in [0.25, 0.3) is 11.5 Å². The predicted molar refractivity (Wildman–Crippen MR) is 124 cm³/mol. The van der Waals surface area contributed by atoms with Gasteiger partial charge in [0, 0.05) is 44.0 Å². The lowest BCUT2D eigenvalue weighted by atomic mass is 10.1. The van der Waals surface area contributed by atoms with E-state index in [0.29, 0.717) is 31.6 Å². The zero-order chi connectivity index (χ0) is 21.9. The SMILES string of the molecule is CCNC(=NCc1coc(-c2ccc(C)cc2)n1)Nc1cccc(OCCCOC)c1. The molecule has 164 valence electrons. The van der Waals surface area contributed by atoms with E-state index in [2.05, 4.69) is 27.5 Å². The first-order valence-electron chi connectivity index (χ1n) is 10.5. The van der Waals surface area contributed by atoms with Crippen molar-refractivity contribution in [2.75, 3.05) is 32.2 Å². The van der Waals surface area contributed by atoms with Crippen molar-refractivity contribution < 1.29 is 13.9 Å². The number of aryl methyl sites for hydroxylation is 1. The Balaban J connectivity index is 1.62. The van der Waals surface area contributed by atoms with Crippen LogP contribution in [0.5, 0.6) is 5.75 Å². The van der Waals surface area contributed by atoms with Crippen molar-refractivity contribution in [2.45, 2.75) is 26.8 Å². The highest BCUT2D eigenvalue weighted by Crippen LogP contribution is 2.20. The molecule has 0 atom stereocenters. The standard InChI is InChI=1S/C24H30N4O3/c1-4-25-24(28-20-7-5-8-22(15-20)30-14-6-13-29-3)26-16-21-17-31-23(27-21)19-11-9-18(2)10-12-19/h5,7-12,15,17H,4,6,13-14,16H2,1-3H3,(H2,25,26,28). The third-order valence-corrected chi connectivity index (χ3v) is 4.45. The molecule has 2 N–H and O–H groups in total. The molecule has 0 saturated heterocycles. The Hall–Kier alpha value is -3.32. The highest BCUT2D eigenvalue weighted by molar-refractivity contribution is 5.93. The van der Waals surface area contributed by atoms with E-state index in [-0.39, 0.29) is 0 Å². The van der Waals surface area contributed by atoms with E-state index in [1.165, 1.54) is 5.56 Å². The second-order valence-electron chi connectivity index (χ2n) is 7.05. The molecular formula is C24H30N4O3. The Morgan fingerprint density at radius 2 is 1.97 bits per heavy atom. The van der Waals surface area contributed by atoms with Gasteiger partial charge in [-0.2, -0.15) is 0 Å². The van der Waals surface area contributed by atoms with Gasteiger partial charge in [0.05, 0.1) is 13.2 Å². The number of nitrogens with one attached hydrogen (secondary N) is 2. The van der Waals surface area contributed by atoms with Crippen LogP contribution in [-0.4, -0.2) is 37.8 Å². The number of benzene rings is 2. The molecule has 0 unspecified atom stereocenters. The van der Waals surface area contributed by atoms with Gasteiger partial charge in [0.1, 0.15) is 17.7 Å². The van der Waals surface area contributed by atoms with Gasteiger partial charge in [-0.25, -0.2) is 9.98 Å². The highest BCUT2D eigenvalue weighted by Gasteiger charge is 2.07. The highest BCUT2D eigenvalue weighted by atomic mass is 16.5. The molecule has 1 aromatic heterocycles. The lowest BCUT2D eigenvalue weighted by molar-refractivity contribution is 0.172. The number of hydrogen-bond acceptors (Lipinski definition) is 5. The molecule has 3 aromatic rings. The summed E-state index contributed by atoms with van der Waals surface area (Å²) in [4.78, 5) is 9.18. The van der Waals surface area contributed by atoms with Crippen LogP contribution in [0, 0.1) is 6.92 Å². The molecule has 0 aliphatic carbocycles. The number of rotatable bonds is 10. The second-order valence-corrected chi connectivity index (χ2v) is 7.05. The van der Waals surface area contributed by atoms with E-state index in [0.717, 1.165) is 35.7 Å². The van der Waals surface area contributed by atoms with Crippen molar-refractivity contribution in [2.24, 2.45) is 4.99 Å². The molecule has 3 rings (SSSR count). The Bertz CT molecular complexity index is 967. The van der Waals surface area contributed by atoms with Crippen LogP contribution < -0.4 is 15.4 Å². The zero-order valence-corrected chi connectivity index (χ0v) is 18.4. The Morgan fingerprint density at radius 1 is 1.13 bits per heavy atom. The average Bonchev–Trinajstić information content (AvgIpc) is 3.25. The molecule has 0 fully saturated rings. The number of nitrogens with zero attached hydrogens (tertiary/aromatic N) is 2. The molecule has 31 heavy (non-hydrogen) atoms. The van der Waals surface area contributed by atoms with Gasteiger partial charge >= 0.3 is 0 Å². The van der Waals surface area contributed by atoms with Crippen LogP contribution in [-0.2, 0) is 11.3 Å². The molecule has 0 saturated carbocycles. The molecule has 7 heteroatoms. The first kappa shape index (κ1) is 22.4. The summed E-state index contributed by atoms with van der Waals surface area (Å²) in [5.41, 5.74) is 3.81. The first-order chi connectivity index (χ1) is 15.2. The van der Waals surface area contributed by atoms with Crippen molar-refractivity contribution in [3.8, 4) is 17.2 Å². The van der Waals surface area contributed by atoms with Gasteiger partial charge < -0.3 is 24.5 Å². The van der Waals surface area contributed by atoms with E-state index in [9.17, 15) is 0 Å². The van der Waals surface area contributed by atoms with Gasteiger partial charge in [0.2, 0.25) is 5.89 Å². The van der Waals surface area contributed by atoms with E-state index >= 15 is 0 Å². The maximum atomic E-state index is 5.77. The second kappa shape index (κ2) is 11.8. The average molecular weight is 423 g/mol. The van der Waals surface area contributed by atoms with E-state index in [1.807, 2.05) is 55.5 Å². The van der Waals surface area contributed by atoms with Gasteiger partial charge in [-0.05, 0) is 38.1 Å². The topological polar surface area (TPSA) is 80.9 Å². The number of hydrogen-bond donors (Lipinski definition) is 2. The van der Waals surface area contributed by atoms with Gasteiger partial charge in [0.15, 0.2) is 5.96 Å². The van der Waals surface area contributed by atoms with Crippen LogP contribution in [0.2, 0.25) is 0 Å². The molecule has 0 spiro atoms. The zero-order valence-electron chi connectivity index (χ0n) is 18.4. The fourth-order valence-electron chi connectivity index (χ4n) is 2.87. The van der Waals surface area contributed by atoms with Gasteiger partial charge in [-0.15, -0.1) is 0 Å². The third-order valence-electron chi connectivity index (χ3n) is 4.45. The summed E-state index contributed by atoms with van der Waals surface area (Å²) in [5, 5.41) is 6.56. The Kier molecular flexibility index (Phi) is 8.48. The smallest absolute Gasteiger partial charge is 0.226 e. The van der Waals surface area contributed by atoms with Crippen molar-refractivity contribution in [1.82, 2.24) is 10.3 Å². The summed E-state index contributed by atoms with van der Waals surface area (Å²) in [6.07, 6.45) is 2.50. The number of anilines is 1. The van der Waals surface area contributed by atoms with Gasteiger partial charge in [0.25, 0.3) is 0 Å². The maximum Gasteiger partial charge on any atom is 0.226 e. The van der Waals surface area contributed by atoms with Crippen molar-refractivity contribution in [3.05, 3.63) is 66.1 Å². The molecule has 0 aliphatic heterocycles. The van der Waals surface area contributed by atoms with E-state index < -0.39 is 0 Å². The summed E-state index contributed by atoms with van der Waals surface area (Å²) in [6.45, 7) is 6.52. The molecule has 0 bridgehead atoms. The molecule has 1 heterocycles. The quantitative estimate of drug-likeness (QED) is 0.281. The van der Waals surface area contributed by atoms with Crippen molar-refractivity contribution in [3.63, 3.8) is 0 Å². The van der Waals surface area contributed by atoms with Crippen molar-refractivity contribution >= 4 is 11.6 Å². The summed E-state index contributed by atoms with van der Waals surface area (Å²) in [5.74, 6) is 2.07. The van der Waals surface area contributed by atoms with Crippen LogP contribution in [0.1, 0.15) is 24.6 Å². The molecule has 0 amide bonds. The summed E-state index contributed by atoms with van der Waals surface area (Å²) < 4.78 is 16.4. The van der Waals surface area contributed by atoms with Crippen molar-refractivity contribution in [1.29, 1.82) is 0 Å². The molecule has 2 aromatic carbocycles. The fourth-order valence-corrected chi connectivity index (χ4v) is 2.87. The maximum absolute atomic E-state index is 5.77. The summed E-state index contributed by atoms with van der Waals surface area (Å²) >= 11 is 0. The number of aliphatic imine (C=N–C) groups is 1. The number of ether oxygens (including phenoxy) is 2. The largest absolute Gasteiger partial charge is 0.493 e. The number of guanidine groups is 1. The number of oxazole rings is 1. The van der Waals surface area contributed by atoms with E-state index in [4.69, 9.17) is 13.9 Å². The van der Waals surface area contributed by atoms with E-state index in [1.54, 1.807) is 13.4 Å². The molecule has 0 radical (unpaired) electrons. The summed E-state index contributed by atoms with van der Waals surface area (Å²) in [7, 11) is 1.69. The van der Waals surface area contributed by atoms with Crippen LogP contribution in [0.4, 0.5) is 5.69 Å². The summed E-state index contributed by atoms with van der Waals surface area (Å²) in [6, 6.07) is 15.9. The fraction of sp³-hybridized carbons (Fsp3) is 0.333. The minimum atomic E-state index is 0.401. The van der Waals surface area contributed by atoms with Crippen LogP contribution >= 0.6 is 0 Å². The molecule has 7 nitrogen and oxygen atoms in total. The monoisotopic (exact) mass is 422 g/mol. The first-order valence-corrected chi connectivity index (χ1v) is 10.5. The Morgan fingerprint density at radius 3 is 2.74 bits per heavy atom. The van der Waals surface area contributed by atoms with Gasteiger partial charge in [-0.1, -0.05) is 23.8 Å². The normalized spacial score (nSPS) is 11.4. The van der Waals surface area contributed by atoms with Gasteiger partial charge in [-0.3, -0.25) is 0 Å². The number of methoxy groups -OCH3 is 1. The Labute approximate surface area is 183 Å². The lowest BCUT2D eigenvalue weighted by Crippen LogP contribution is -2.30. The van der Waals surface area contributed by atoms with Crippen LogP contribution in [0.3, 0.4) is 0 Å². The third kappa shape index (κ3) is 7.15. The minimum Gasteiger partial charge on any atom is -0.493 e. The minimum absolute atomic E-state index is 0.401. The number of aromatic nitrogens is 1. The molecular weight excluding hydrogens is 392 g/mol. The molecule has 0 aliphatic rings. The predicted octanol–water partition coefficient (Wildman–Crippen LogP) is 4.64. The lowest BCUT2D eigenvalue weighted by Gasteiger charge is -2.12.